The summed E-state index contributed by atoms with van der Waals surface area (Å²) in [5.41, 5.74) is 12.6. The minimum Gasteiger partial charge on any atom is -0.317 e. The number of hydrogen-bond acceptors (Lipinski definition) is 11. The smallest absolute Gasteiger partial charge is 0.277 e. The molecule has 0 N–H and O–H groups in total. The summed E-state index contributed by atoms with van der Waals surface area (Å²) in [5.74, 6) is 3.70. The number of nitro benzene ring substituents is 2. The maximum absolute atomic E-state index is 11.6. The molecule has 3 aromatic heterocycles. The maximum Gasteiger partial charge on any atom is 0.277 e. The second-order valence-electron chi connectivity index (χ2n) is 19.5. The zero-order chi connectivity index (χ0) is 58.1. The van der Waals surface area contributed by atoms with Crippen LogP contribution in [0.15, 0.2) is 272 Å². The second-order valence-corrected chi connectivity index (χ2v) is 19.9. The number of fused-ring (bicyclic) bond motifs is 2. The summed E-state index contributed by atoms with van der Waals surface area (Å²) in [6.45, 7) is 0. The highest BCUT2D eigenvalue weighted by atomic mass is 35.5. The molecule has 0 bridgehead atoms. The number of benzene rings is 10. The SMILES string of the molecule is Clc1cccc(-c2nc(-c3ccccc3)nc(-c3ccccc3)n2)c1.O=[N+]([O-])c1ccccc1-c1ccc2c(c1)CC=N2.O=[N+]([O-])c1ccccc1-c1ccc2c(ccn2-c2cccc(-c3nc(-c4ccccc4)nc(-c4ccccc4)n3)c2)c1. The van der Waals surface area contributed by atoms with Gasteiger partial charge in [0.05, 0.1) is 32.2 Å². The van der Waals surface area contributed by atoms with Crippen molar-refractivity contribution < 1.29 is 9.85 Å². The molecular weight excluding hydrogens is 1080 g/mol. The van der Waals surface area contributed by atoms with Crippen LogP contribution in [0.25, 0.3) is 107 Å². The molecule has 0 fully saturated rings. The molecule has 0 spiro atoms. The van der Waals surface area contributed by atoms with Crippen LogP contribution in [0, 0.1) is 20.2 Å². The van der Waals surface area contributed by atoms with Crippen LogP contribution in [0.2, 0.25) is 5.02 Å². The standard InChI is InChI=1S/C35H23N5O2.C21H14ClN3.C14H10N2O2/c41-40(42)32-17-8-7-16-30(32)26-18-19-31-27(22-26)20-21-39(31)29-15-9-14-28(23-29)35-37-33(24-10-3-1-4-11-24)36-34(38-35)25-12-5-2-6-13-25;22-18-13-7-12-17(14-18)21-24-19(15-8-3-1-4-9-15)23-20(25-21)16-10-5-2-6-11-16;17-16(18)14-4-2-1-3-12(14)10-5-6-13-11(9-10)7-8-15-13/h1-23H;1-14H;1-6,8-9H,7H2. The van der Waals surface area contributed by atoms with Crippen LogP contribution in [0.4, 0.5) is 17.1 Å². The summed E-state index contributed by atoms with van der Waals surface area (Å²) in [5, 5.41) is 24.2. The molecule has 4 heterocycles. The van der Waals surface area contributed by atoms with Crippen molar-refractivity contribution in [2.24, 2.45) is 4.99 Å². The monoisotopic (exact) mass is 1130 g/mol. The van der Waals surface area contributed by atoms with E-state index in [1.54, 1.807) is 24.3 Å². The van der Waals surface area contributed by atoms with Gasteiger partial charge in [-0.1, -0.05) is 194 Å². The summed E-state index contributed by atoms with van der Waals surface area (Å²) < 4.78 is 2.10. The van der Waals surface area contributed by atoms with Crippen LogP contribution in [-0.2, 0) is 6.42 Å². The number of nitro groups is 2. The third-order valence-electron chi connectivity index (χ3n) is 14.0. The van der Waals surface area contributed by atoms with Gasteiger partial charge in [-0.25, -0.2) is 29.9 Å². The molecule has 15 heteroatoms. The molecule has 10 aromatic carbocycles. The van der Waals surface area contributed by atoms with Crippen molar-refractivity contribution in [2.45, 2.75) is 6.42 Å². The summed E-state index contributed by atoms with van der Waals surface area (Å²) in [7, 11) is 0. The van der Waals surface area contributed by atoms with Gasteiger partial charge in [0.25, 0.3) is 11.4 Å². The van der Waals surface area contributed by atoms with E-state index in [9.17, 15) is 20.2 Å². The van der Waals surface area contributed by atoms with E-state index in [1.807, 2.05) is 231 Å². The molecule has 0 radical (unpaired) electrons. The van der Waals surface area contributed by atoms with E-state index < -0.39 is 0 Å². The van der Waals surface area contributed by atoms with E-state index in [0.29, 0.717) is 51.1 Å². The second kappa shape index (κ2) is 24.7. The molecule has 14 rings (SSSR count). The van der Waals surface area contributed by atoms with Crippen molar-refractivity contribution in [1.29, 1.82) is 0 Å². The van der Waals surface area contributed by atoms with E-state index in [2.05, 4.69) is 30.6 Å². The summed E-state index contributed by atoms with van der Waals surface area (Å²) in [6, 6.07) is 82.5. The highest BCUT2D eigenvalue weighted by Gasteiger charge is 2.19. The van der Waals surface area contributed by atoms with Crippen molar-refractivity contribution in [1.82, 2.24) is 34.5 Å². The Hall–Kier alpha value is -11.5. The zero-order valence-electron chi connectivity index (χ0n) is 45.2. The third kappa shape index (κ3) is 12.3. The molecule has 0 atom stereocenters. The number of nitrogens with zero attached hydrogens (tertiary/aromatic N) is 10. The van der Waals surface area contributed by atoms with Gasteiger partial charge in [-0.2, -0.15) is 0 Å². The molecule has 1 aliphatic rings. The summed E-state index contributed by atoms with van der Waals surface area (Å²) in [6.07, 6.45) is 4.66. The van der Waals surface area contributed by atoms with Crippen LogP contribution in [0.5, 0.6) is 0 Å². The predicted octanol–water partition coefficient (Wildman–Crippen LogP) is 17.4. The van der Waals surface area contributed by atoms with Gasteiger partial charge in [0, 0.05) is 80.4 Å². The van der Waals surface area contributed by atoms with E-state index in [1.165, 1.54) is 12.1 Å². The highest BCUT2D eigenvalue weighted by molar-refractivity contribution is 6.30. The molecule has 0 saturated carbocycles. The molecule has 14 nitrogen and oxygen atoms in total. The van der Waals surface area contributed by atoms with Crippen molar-refractivity contribution in [2.75, 3.05) is 0 Å². The van der Waals surface area contributed by atoms with Gasteiger partial charge in [0.2, 0.25) is 0 Å². The van der Waals surface area contributed by atoms with Gasteiger partial charge in [-0.15, -0.1) is 0 Å². The van der Waals surface area contributed by atoms with E-state index in [0.717, 1.165) is 78.8 Å². The van der Waals surface area contributed by atoms with Gasteiger partial charge >= 0.3 is 0 Å². The van der Waals surface area contributed by atoms with Crippen LogP contribution >= 0.6 is 11.6 Å². The van der Waals surface area contributed by atoms with Gasteiger partial charge in [0.1, 0.15) is 0 Å². The first-order valence-corrected chi connectivity index (χ1v) is 27.4. The largest absolute Gasteiger partial charge is 0.317 e. The lowest BCUT2D eigenvalue weighted by Crippen LogP contribution is -2.00. The Bertz CT molecular complexity index is 4490. The Morgan fingerprint density at radius 2 is 0.788 bits per heavy atom. The molecule has 0 aliphatic carbocycles. The topological polar surface area (TPSA) is 181 Å². The van der Waals surface area contributed by atoms with E-state index in [4.69, 9.17) is 26.6 Å². The Labute approximate surface area is 493 Å². The van der Waals surface area contributed by atoms with E-state index >= 15 is 0 Å². The molecule has 0 saturated heterocycles. The number of aliphatic imine (C=N–C) groups is 1. The normalized spacial score (nSPS) is 11.2. The van der Waals surface area contributed by atoms with Gasteiger partial charge in [-0.05, 0) is 83.4 Å². The molecular formula is C70H47ClN10O4. The summed E-state index contributed by atoms with van der Waals surface area (Å²) >= 11 is 6.14. The van der Waals surface area contributed by atoms with Gasteiger partial charge in [-0.3, -0.25) is 25.2 Å². The first-order valence-electron chi connectivity index (χ1n) is 27.0. The zero-order valence-corrected chi connectivity index (χ0v) is 45.9. The van der Waals surface area contributed by atoms with Crippen molar-refractivity contribution in [3.05, 3.63) is 298 Å². The lowest BCUT2D eigenvalue weighted by molar-refractivity contribution is -0.384. The van der Waals surface area contributed by atoms with Crippen LogP contribution < -0.4 is 0 Å². The number of halogens is 1. The number of aromatic nitrogens is 7. The molecule has 13 aromatic rings. The predicted molar refractivity (Wildman–Crippen MR) is 337 cm³/mol. The Morgan fingerprint density at radius 1 is 0.376 bits per heavy atom. The minimum absolute atomic E-state index is 0.0890. The number of hydrogen-bond donors (Lipinski definition) is 0. The fourth-order valence-electron chi connectivity index (χ4n) is 9.87. The maximum atomic E-state index is 11.6. The van der Waals surface area contributed by atoms with E-state index in [-0.39, 0.29) is 21.2 Å². The molecule has 408 valence electrons. The number of rotatable bonds is 11. The first kappa shape index (κ1) is 54.1. The van der Waals surface area contributed by atoms with Crippen molar-refractivity contribution in [3.8, 4) is 96.3 Å². The van der Waals surface area contributed by atoms with Gasteiger partial charge in [0.15, 0.2) is 34.9 Å². The fraction of sp³-hybridized carbons (Fsp3) is 0.0143. The quantitative estimate of drug-likeness (QED) is 0.0893. The third-order valence-corrected chi connectivity index (χ3v) is 14.2. The van der Waals surface area contributed by atoms with Gasteiger partial charge < -0.3 is 4.57 Å². The first-order chi connectivity index (χ1) is 41.7. The van der Waals surface area contributed by atoms with Crippen molar-refractivity contribution in [3.63, 3.8) is 0 Å². The average Bonchev–Trinajstić information content (AvgIpc) is 4.47. The summed E-state index contributed by atoms with van der Waals surface area (Å²) in [4.78, 5) is 54.6. The molecule has 1 aliphatic heterocycles. The highest BCUT2D eigenvalue weighted by Crippen LogP contribution is 2.36. The van der Waals surface area contributed by atoms with Crippen LogP contribution in [-0.4, -0.2) is 50.5 Å². The molecule has 0 unspecified atom stereocenters. The Morgan fingerprint density at radius 3 is 1.27 bits per heavy atom. The van der Waals surface area contributed by atoms with Crippen molar-refractivity contribution >= 4 is 45.8 Å². The average molecular weight is 1130 g/mol. The lowest BCUT2D eigenvalue weighted by atomic mass is 10.0. The molecule has 85 heavy (non-hydrogen) atoms. The number of para-hydroxylation sites is 2. The van der Waals surface area contributed by atoms with Crippen LogP contribution in [0.1, 0.15) is 5.56 Å². The Kier molecular flexibility index (Phi) is 15.7. The Balaban J connectivity index is 0.000000139. The lowest BCUT2D eigenvalue weighted by Gasteiger charge is -2.11. The molecule has 0 amide bonds. The fourth-order valence-corrected chi connectivity index (χ4v) is 10.1. The minimum atomic E-state index is -0.348. The van der Waals surface area contributed by atoms with Crippen LogP contribution in [0.3, 0.4) is 0 Å².